The van der Waals surface area contributed by atoms with Crippen molar-refractivity contribution < 1.29 is 0 Å². The van der Waals surface area contributed by atoms with Crippen LogP contribution in [0.15, 0.2) is 12.1 Å². The summed E-state index contributed by atoms with van der Waals surface area (Å²) >= 11 is 0. The van der Waals surface area contributed by atoms with Gasteiger partial charge in [-0.3, -0.25) is 0 Å². The molecule has 1 aromatic rings. The van der Waals surface area contributed by atoms with Gasteiger partial charge in [0.05, 0.1) is 0 Å². The van der Waals surface area contributed by atoms with E-state index in [1.807, 2.05) is 0 Å². The molecule has 1 aromatic carbocycles. The second kappa shape index (κ2) is 4.23. The molecule has 0 aromatic heterocycles. The first-order chi connectivity index (χ1) is 7.16. The number of hydrogen-bond acceptors (Lipinski definition) is 2. The molecule has 2 heteroatoms. The summed E-state index contributed by atoms with van der Waals surface area (Å²) in [5, 5.41) is 6.84. The van der Waals surface area contributed by atoms with E-state index < -0.39 is 0 Å². The number of rotatable bonds is 3. The fraction of sp³-hybridized carbons (Fsp3) is 0.538. The van der Waals surface area contributed by atoms with Gasteiger partial charge in [0.25, 0.3) is 0 Å². The monoisotopic (exact) mass is 204 g/mol. The standard InChI is InChI=1S/C13H20N2/c1-9-4-11(3)13(5-10(9)2)15-8-12-6-14-7-12/h4-5,12,14-15H,6-8H2,1-3H3. The highest BCUT2D eigenvalue weighted by Gasteiger charge is 2.16. The van der Waals surface area contributed by atoms with Gasteiger partial charge in [0.1, 0.15) is 0 Å². The highest BCUT2D eigenvalue weighted by Crippen LogP contribution is 2.20. The minimum Gasteiger partial charge on any atom is -0.384 e. The Bertz CT molecular complexity index is 354. The first-order valence-corrected chi connectivity index (χ1v) is 5.69. The quantitative estimate of drug-likeness (QED) is 0.789. The lowest BCUT2D eigenvalue weighted by atomic mass is 10.0. The zero-order valence-electron chi connectivity index (χ0n) is 9.85. The minimum absolute atomic E-state index is 0.811. The lowest BCUT2D eigenvalue weighted by molar-refractivity contribution is 0.365. The Hall–Kier alpha value is -1.02. The van der Waals surface area contributed by atoms with Crippen molar-refractivity contribution in [3.8, 4) is 0 Å². The lowest BCUT2D eigenvalue weighted by Crippen LogP contribution is -2.45. The van der Waals surface area contributed by atoms with E-state index in [9.17, 15) is 0 Å². The molecule has 0 radical (unpaired) electrons. The van der Waals surface area contributed by atoms with Gasteiger partial charge in [-0.25, -0.2) is 0 Å². The van der Waals surface area contributed by atoms with Crippen molar-refractivity contribution in [1.29, 1.82) is 0 Å². The van der Waals surface area contributed by atoms with Crippen molar-refractivity contribution >= 4 is 5.69 Å². The van der Waals surface area contributed by atoms with Crippen LogP contribution in [0.5, 0.6) is 0 Å². The summed E-state index contributed by atoms with van der Waals surface area (Å²) < 4.78 is 0. The van der Waals surface area contributed by atoms with Gasteiger partial charge in [-0.2, -0.15) is 0 Å². The van der Waals surface area contributed by atoms with Crippen LogP contribution in [0.3, 0.4) is 0 Å². The third kappa shape index (κ3) is 2.32. The summed E-state index contributed by atoms with van der Waals surface area (Å²) in [5.74, 6) is 0.811. The first-order valence-electron chi connectivity index (χ1n) is 5.69. The third-order valence-corrected chi connectivity index (χ3v) is 3.29. The van der Waals surface area contributed by atoms with Gasteiger partial charge in [0.15, 0.2) is 0 Å². The molecule has 0 spiro atoms. The van der Waals surface area contributed by atoms with Crippen LogP contribution in [0.25, 0.3) is 0 Å². The van der Waals surface area contributed by atoms with Crippen LogP contribution in [0.2, 0.25) is 0 Å². The van der Waals surface area contributed by atoms with Crippen molar-refractivity contribution in [3.63, 3.8) is 0 Å². The summed E-state index contributed by atoms with van der Waals surface area (Å²) in [7, 11) is 0. The molecule has 2 rings (SSSR count). The van der Waals surface area contributed by atoms with Crippen molar-refractivity contribution in [3.05, 3.63) is 28.8 Å². The third-order valence-electron chi connectivity index (χ3n) is 3.29. The smallest absolute Gasteiger partial charge is 0.0372 e. The van der Waals surface area contributed by atoms with E-state index in [0.717, 1.165) is 25.6 Å². The van der Waals surface area contributed by atoms with Crippen molar-refractivity contribution in [1.82, 2.24) is 5.32 Å². The normalized spacial score (nSPS) is 16.2. The van der Waals surface area contributed by atoms with Gasteiger partial charge < -0.3 is 10.6 Å². The Kier molecular flexibility index (Phi) is 2.96. The molecule has 82 valence electrons. The molecule has 0 aliphatic carbocycles. The molecule has 1 aliphatic rings. The van der Waals surface area contributed by atoms with Crippen molar-refractivity contribution in [2.75, 3.05) is 25.0 Å². The molecule has 1 saturated heterocycles. The molecule has 0 atom stereocenters. The SMILES string of the molecule is Cc1cc(C)c(NCC2CNC2)cc1C. The molecule has 2 nitrogen and oxygen atoms in total. The zero-order valence-corrected chi connectivity index (χ0v) is 9.85. The van der Waals surface area contributed by atoms with Gasteiger partial charge in [-0.15, -0.1) is 0 Å². The van der Waals surface area contributed by atoms with E-state index in [0.29, 0.717) is 0 Å². The maximum Gasteiger partial charge on any atom is 0.0372 e. The van der Waals surface area contributed by atoms with Gasteiger partial charge in [-0.05, 0) is 43.5 Å². The van der Waals surface area contributed by atoms with Crippen LogP contribution < -0.4 is 10.6 Å². The van der Waals surface area contributed by atoms with E-state index in [1.54, 1.807) is 0 Å². The second-order valence-corrected chi connectivity index (χ2v) is 4.66. The maximum absolute atomic E-state index is 3.54. The summed E-state index contributed by atoms with van der Waals surface area (Å²) in [6, 6.07) is 4.52. The number of hydrogen-bond donors (Lipinski definition) is 2. The Morgan fingerprint density at radius 3 is 2.40 bits per heavy atom. The number of aryl methyl sites for hydroxylation is 3. The Morgan fingerprint density at radius 2 is 1.80 bits per heavy atom. The second-order valence-electron chi connectivity index (χ2n) is 4.66. The molecule has 0 bridgehead atoms. The minimum atomic E-state index is 0.811. The fourth-order valence-corrected chi connectivity index (χ4v) is 1.90. The summed E-state index contributed by atoms with van der Waals surface area (Å²) in [4.78, 5) is 0. The van der Waals surface area contributed by atoms with Gasteiger partial charge in [-0.1, -0.05) is 6.07 Å². The maximum atomic E-state index is 3.54. The Morgan fingerprint density at radius 1 is 1.13 bits per heavy atom. The molecule has 0 saturated carbocycles. The predicted molar refractivity (Wildman–Crippen MR) is 65.5 cm³/mol. The summed E-state index contributed by atoms with van der Waals surface area (Å²) in [6.45, 7) is 9.94. The summed E-state index contributed by atoms with van der Waals surface area (Å²) in [6.07, 6.45) is 0. The Balaban J connectivity index is 2.03. The lowest BCUT2D eigenvalue weighted by Gasteiger charge is -2.28. The average Bonchev–Trinajstić information content (AvgIpc) is 2.11. The highest BCUT2D eigenvalue weighted by molar-refractivity contribution is 5.54. The molecule has 2 N–H and O–H groups in total. The molecular formula is C13H20N2. The molecular weight excluding hydrogens is 184 g/mol. The molecule has 15 heavy (non-hydrogen) atoms. The van der Waals surface area contributed by atoms with Gasteiger partial charge in [0.2, 0.25) is 0 Å². The topological polar surface area (TPSA) is 24.1 Å². The van der Waals surface area contributed by atoms with Crippen molar-refractivity contribution in [2.24, 2.45) is 5.92 Å². The first kappa shape index (κ1) is 10.5. The van der Waals surface area contributed by atoms with Crippen LogP contribution in [0.4, 0.5) is 5.69 Å². The molecule has 1 fully saturated rings. The fourth-order valence-electron chi connectivity index (χ4n) is 1.90. The number of benzene rings is 1. The zero-order chi connectivity index (χ0) is 10.8. The van der Waals surface area contributed by atoms with Gasteiger partial charge in [0, 0.05) is 31.2 Å². The molecule has 1 aliphatic heterocycles. The van der Waals surface area contributed by atoms with E-state index in [4.69, 9.17) is 0 Å². The molecule has 1 heterocycles. The average molecular weight is 204 g/mol. The predicted octanol–water partition coefficient (Wildman–Crippen LogP) is 2.24. The van der Waals surface area contributed by atoms with Crippen LogP contribution in [-0.2, 0) is 0 Å². The number of nitrogens with one attached hydrogen (secondary N) is 2. The largest absolute Gasteiger partial charge is 0.384 e. The van der Waals surface area contributed by atoms with Crippen LogP contribution in [-0.4, -0.2) is 19.6 Å². The van der Waals surface area contributed by atoms with Crippen LogP contribution >= 0.6 is 0 Å². The van der Waals surface area contributed by atoms with Crippen LogP contribution in [0.1, 0.15) is 16.7 Å². The Labute approximate surface area is 92.1 Å². The van der Waals surface area contributed by atoms with E-state index >= 15 is 0 Å². The molecule has 0 unspecified atom stereocenters. The van der Waals surface area contributed by atoms with E-state index in [1.165, 1.54) is 22.4 Å². The van der Waals surface area contributed by atoms with Crippen LogP contribution in [0, 0.1) is 26.7 Å². The number of anilines is 1. The van der Waals surface area contributed by atoms with E-state index in [2.05, 4.69) is 43.5 Å². The van der Waals surface area contributed by atoms with E-state index in [-0.39, 0.29) is 0 Å². The van der Waals surface area contributed by atoms with Crippen molar-refractivity contribution in [2.45, 2.75) is 20.8 Å². The van der Waals surface area contributed by atoms with Gasteiger partial charge >= 0.3 is 0 Å². The summed E-state index contributed by atoms with van der Waals surface area (Å²) in [5.41, 5.74) is 5.40. The molecule has 0 amide bonds. The highest BCUT2D eigenvalue weighted by atomic mass is 15.0.